The van der Waals surface area contributed by atoms with Crippen LogP contribution in [0, 0.1) is 0 Å². The Morgan fingerprint density at radius 1 is 1.06 bits per heavy atom. The van der Waals surface area contributed by atoms with Crippen molar-refractivity contribution in [2.75, 3.05) is 27.4 Å². The Bertz CT molecular complexity index is 1040. The van der Waals surface area contributed by atoms with Crippen molar-refractivity contribution in [2.45, 2.75) is 38.0 Å². The first-order chi connectivity index (χ1) is 16.7. The van der Waals surface area contributed by atoms with E-state index in [0.29, 0.717) is 0 Å². The third kappa shape index (κ3) is 4.67. The highest BCUT2D eigenvalue weighted by molar-refractivity contribution is 7.55. The number of likely N-dealkylation sites (tertiary alicyclic amines) is 1. The van der Waals surface area contributed by atoms with Crippen LogP contribution in [0.4, 0.5) is 0 Å². The van der Waals surface area contributed by atoms with Crippen LogP contribution >= 0.6 is 7.60 Å². The zero-order valence-electron chi connectivity index (χ0n) is 19.7. The van der Waals surface area contributed by atoms with E-state index in [1.54, 1.807) is 12.1 Å². The van der Waals surface area contributed by atoms with Crippen LogP contribution < -0.4 is 0 Å². The summed E-state index contributed by atoms with van der Waals surface area (Å²) in [6, 6.07) is 3.54. The summed E-state index contributed by atoms with van der Waals surface area (Å²) in [7, 11) is -1.64. The molecule has 1 aromatic rings. The summed E-state index contributed by atoms with van der Waals surface area (Å²) < 4.78 is 34.1. The highest BCUT2D eigenvalue weighted by atomic mass is 31.2. The Balaban J connectivity index is 2.06. The van der Waals surface area contributed by atoms with E-state index in [0.717, 1.165) is 9.80 Å². The van der Waals surface area contributed by atoms with E-state index in [1.807, 2.05) is 0 Å². The van der Waals surface area contributed by atoms with E-state index in [4.69, 9.17) is 18.5 Å². The van der Waals surface area contributed by atoms with Crippen molar-refractivity contribution in [2.24, 2.45) is 0 Å². The number of hydrogen-bond donors (Lipinski definition) is 1. The number of nitrogens with zero attached hydrogens (tertiary/aromatic N) is 2. The van der Waals surface area contributed by atoms with Crippen LogP contribution in [0.15, 0.2) is 36.4 Å². The zero-order valence-corrected chi connectivity index (χ0v) is 20.5. The SMILES string of the molecule is CCOP(=O)(OCC)C(C(=O)O)N1C(=O)[C@H](N2C(=O)c3ccccc3C2=O)[C@@H]1C=CC(OC)OC. The number of methoxy groups -OCH3 is 2. The number of carbonyl (C=O) groups excluding carboxylic acids is 3. The summed E-state index contributed by atoms with van der Waals surface area (Å²) in [5, 5.41) is 9.95. The second kappa shape index (κ2) is 10.8. The third-order valence-electron chi connectivity index (χ3n) is 5.59. The topological polar surface area (TPSA) is 149 Å². The van der Waals surface area contributed by atoms with Crippen molar-refractivity contribution in [1.29, 1.82) is 0 Å². The molecule has 2 aliphatic heterocycles. The minimum atomic E-state index is -4.37. The largest absolute Gasteiger partial charge is 0.479 e. The lowest BCUT2D eigenvalue weighted by Crippen LogP contribution is -2.74. The molecule has 190 valence electrons. The molecule has 1 saturated heterocycles. The molecule has 3 atom stereocenters. The van der Waals surface area contributed by atoms with Crippen molar-refractivity contribution in [1.82, 2.24) is 9.80 Å². The first-order valence-corrected chi connectivity index (χ1v) is 12.4. The molecule has 2 heterocycles. The molecule has 2 aliphatic rings. The predicted octanol–water partition coefficient (Wildman–Crippen LogP) is 1.71. The van der Waals surface area contributed by atoms with Crippen LogP contribution in [0.1, 0.15) is 34.6 Å². The summed E-state index contributed by atoms with van der Waals surface area (Å²) in [5.41, 5.74) is 0.254. The smallest absolute Gasteiger partial charge is 0.364 e. The minimum absolute atomic E-state index is 0.127. The van der Waals surface area contributed by atoms with Gasteiger partial charge in [-0.15, -0.1) is 0 Å². The number of carboxylic acid groups (broad SMARTS) is 1. The second-order valence-electron chi connectivity index (χ2n) is 7.52. The number of imide groups is 1. The third-order valence-corrected chi connectivity index (χ3v) is 7.89. The maximum atomic E-state index is 13.4. The molecule has 1 unspecified atom stereocenters. The summed E-state index contributed by atoms with van der Waals surface area (Å²) in [5.74, 6) is -5.92. The number of hydrogen-bond acceptors (Lipinski definition) is 9. The van der Waals surface area contributed by atoms with Gasteiger partial charge < -0.3 is 28.5 Å². The predicted molar refractivity (Wildman–Crippen MR) is 121 cm³/mol. The van der Waals surface area contributed by atoms with Crippen molar-refractivity contribution >= 4 is 31.3 Å². The van der Waals surface area contributed by atoms with Gasteiger partial charge in [-0.25, -0.2) is 4.79 Å². The summed E-state index contributed by atoms with van der Waals surface area (Å²) in [6.45, 7) is 2.73. The standard InChI is InChI=1S/C22H27N2O10P/c1-5-33-35(30,34-6-2)21(22(28)29)23-15(11-12-16(31-3)32-4)17(20(23)27)24-18(25)13-9-7-8-10-14(13)19(24)26/h7-12,15-17,21H,5-6H2,1-4H3,(H,28,29)/t15-,17+,21?/m0/s1. The molecule has 0 radical (unpaired) electrons. The summed E-state index contributed by atoms with van der Waals surface area (Å²) in [4.78, 5) is 53.3. The first kappa shape index (κ1) is 26.7. The summed E-state index contributed by atoms with van der Waals surface area (Å²) >= 11 is 0. The number of carboxylic acids is 1. The number of aliphatic carboxylic acids is 1. The Morgan fingerprint density at radius 2 is 1.57 bits per heavy atom. The van der Waals surface area contributed by atoms with Gasteiger partial charge in [-0.2, -0.15) is 0 Å². The molecule has 13 heteroatoms. The quantitative estimate of drug-likeness (QED) is 0.145. The van der Waals surface area contributed by atoms with Crippen LogP contribution in [-0.4, -0.2) is 90.2 Å². The average Bonchev–Trinajstić information content (AvgIpc) is 3.07. The van der Waals surface area contributed by atoms with E-state index in [2.05, 4.69) is 0 Å². The lowest BCUT2D eigenvalue weighted by molar-refractivity contribution is -0.162. The van der Waals surface area contributed by atoms with Crippen molar-refractivity contribution < 1.29 is 47.4 Å². The fourth-order valence-corrected chi connectivity index (χ4v) is 6.04. The molecule has 1 aromatic carbocycles. The van der Waals surface area contributed by atoms with E-state index < -0.39 is 55.4 Å². The van der Waals surface area contributed by atoms with Gasteiger partial charge in [0.1, 0.15) is 6.04 Å². The molecule has 0 spiro atoms. The fraction of sp³-hybridized carbons (Fsp3) is 0.455. The molecule has 0 saturated carbocycles. The maximum absolute atomic E-state index is 13.4. The van der Waals surface area contributed by atoms with Gasteiger partial charge >= 0.3 is 13.6 Å². The average molecular weight is 510 g/mol. The van der Waals surface area contributed by atoms with Crippen molar-refractivity contribution in [3.8, 4) is 0 Å². The highest BCUT2D eigenvalue weighted by Crippen LogP contribution is 2.56. The Labute approximate surface area is 201 Å². The normalized spacial score (nSPS) is 21.1. The molecular formula is C22H27N2O10P. The lowest BCUT2D eigenvalue weighted by atomic mass is 9.92. The molecule has 0 aliphatic carbocycles. The van der Waals surface area contributed by atoms with Gasteiger partial charge in [0.2, 0.25) is 11.7 Å². The van der Waals surface area contributed by atoms with Gasteiger partial charge in [-0.3, -0.25) is 23.8 Å². The van der Waals surface area contributed by atoms with Gasteiger partial charge in [0.25, 0.3) is 11.8 Å². The molecule has 0 bridgehead atoms. The lowest BCUT2D eigenvalue weighted by Gasteiger charge is -2.51. The molecule has 35 heavy (non-hydrogen) atoms. The van der Waals surface area contributed by atoms with Crippen molar-refractivity contribution in [3.05, 3.63) is 47.5 Å². The molecule has 0 aromatic heterocycles. The van der Waals surface area contributed by atoms with Crippen LogP contribution in [-0.2, 0) is 32.7 Å². The fourth-order valence-electron chi connectivity index (χ4n) is 4.12. The molecule has 12 nitrogen and oxygen atoms in total. The molecule has 3 amide bonds. The van der Waals surface area contributed by atoms with Gasteiger partial charge in [0, 0.05) is 14.2 Å². The van der Waals surface area contributed by atoms with Crippen molar-refractivity contribution in [3.63, 3.8) is 0 Å². The highest BCUT2D eigenvalue weighted by Gasteiger charge is 2.62. The van der Waals surface area contributed by atoms with E-state index >= 15 is 0 Å². The van der Waals surface area contributed by atoms with Crippen LogP contribution in [0.5, 0.6) is 0 Å². The van der Waals surface area contributed by atoms with E-state index in [1.165, 1.54) is 52.4 Å². The number of fused-ring (bicyclic) bond motifs is 1. The molecular weight excluding hydrogens is 483 g/mol. The molecule has 1 N–H and O–H groups in total. The minimum Gasteiger partial charge on any atom is -0.479 e. The van der Waals surface area contributed by atoms with E-state index in [9.17, 15) is 28.8 Å². The van der Waals surface area contributed by atoms with Crippen LogP contribution in [0.3, 0.4) is 0 Å². The molecule has 1 fully saturated rings. The number of carbonyl (C=O) groups is 4. The number of β-lactam (4-membered cyclic amide) rings is 1. The van der Waals surface area contributed by atoms with Gasteiger partial charge in [0.15, 0.2) is 6.29 Å². The first-order valence-electron chi connectivity index (χ1n) is 10.8. The monoisotopic (exact) mass is 510 g/mol. The van der Waals surface area contributed by atoms with Gasteiger partial charge in [-0.05, 0) is 32.1 Å². The number of ether oxygens (including phenoxy) is 2. The Morgan fingerprint density at radius 3 is 2.00 bits per heavy atom. The molecule has 3 rings (SSSR count). The van der Waals surface area contributed by atoms with Crippen LogP contribution in [0.25, 0.3) is 0 Å². The van der Waals surface area contributed by atoms with E-state index in [-0.39, 0.29) is 24.3 Å². The van der Waals surface area contributed by atoms with Crippen LogP contribution in [0.2, 0.25) is 0 Å². The summed E-state index contributed by atoms with van der Waals surface area (Å²) in [6.07, 6.45) is 1.88. The maximum Gasteiger partial charge on any atom is 0.364 e. The number of rotatable bonds is 12. The number of benzene rings is 1. The second-order valence-corrected chi connectivity index (χ2v) is 9.60. The zero-order chi connectivity index (χ0) is 25.9. The Kier molecular flexibility index (Phi) is 8.24. The van der Waals surface area contributed by atoms with Gasteiger partial charge in [0.05, 0.1) is 30.4 Å². The van der Waals surface area contributed by atoms with Gasteiger partial charge in [-0.1, -0.05) is 18.2 Å². The number of amides is 3. The Hall–Kier alpha value is -2.89.